The Kier molecular flexibility index (Phi) is 7.04. The maximum atomic E-state index is 13.8. The van der Waals surface area contributed by atoms with Crippen molar-refractivity contribution in [3.63, 3.8) is 0 Å². The molecule has 0 radical (unpaired) electrons. The van der Waals surface area contributed by atoms with E-state index in [-0.39, 0.29) is 34.1 Å². The minimum atomic E-state index is -0.880. The number of nitrogens with two attached hydrogens (primary N) is 1. The Bertz CT molecular complexity index is 1110. The monoisotopic (exact) mass is 483 g/mol. The van der Waals surface area contributed by atoms with E-state index >= 15 is 0 Å². The highest BCUT2D eigenvalue weighted by Gasteiger charge is 2.26. The molecule has 0 atom stereocenters. The molecule has 11 heteroatoms. The third kappa shape index (κ3) is 5.28. The summed E-state index contributed by atoms with van der Waals surface area (Å²) in [6.45, 7) is 0.651. The summed E-state index contributed by atoms with van der Waals surface area (Å²) >= 11 is 17.5. The third-order valence-corrected chi connectivity index (χ3v) is 5.58. The van der Waals surface area contributed by atoms with Gasteiger partial charge in [0.15, 0.2) is 0 Å². The number of hydrogen-bond acceptors (Lipinski definition) is 4. The van der Waals surface area contributed by atoms with Crippen molar-refractivity contribution >= 4 is 58.1 Å². The molecule has 7 nitrogen and oxygen atoms in total. The van der Waals surface area contributed by atoms with Gasteiger partial charge in [-0.05, 0) is 30.3 Å². The Morgan fingerprint density at radius 2 is 1.81 bits per heavy atom. The molecule has 0 aliphatic carbocycles. The van der Waals surface area contributed by atoms with Gasteiger partial charge in [0.1, 0.15) is 5.82 Å². The first-order valence-electron chi connectivity index (χ1n) is 8.99. The van der Waals surface area contributed by atoms with Crippen LogP contribution in [-0.4, -0.2) is 42.2 Å². The molecule has 2 aromatic carbocycles. The molecular weight excluding hydrogens is 468 g/mol. The molecule has 0 bridgehead atoms. The first-order valence-corrected chi connectivity index (χ1v) is 10.1. The number of nitrogens with one attached hydrogen (secondary N) is 3. The molecule has 0 aromatic heterocycles. The van der Waals surface area contributed by atoms with Gasteiger partial charge < -0.3 is 21.3 Å². The highest BCUT2D eigenvalue weighted by atomic mass is 35.5. The van der Waals surface area contributed by atoms with Gasteiger partial charge in [0, 0.05) is 30.0 Å². The lowest BCUT2D eigenvalue weighted by Gasteiger charge is -2.31. The zero-order valence-electron chi connectivity index (χ0n) is 15.9. The second-order valence-electron chi connectivity index (χ2n) is 6.63. The van der Waals surface area contributed by atoms with E-state index in [4.69, 9.17) is 45.9 Å². The lowest BCUT2D eigenvalue weighted by molar-refractivity contribution is -0.114. The third-order valence-electron chi connectivity index (χ3n) is 4.53. The van der Waals surface area contributed by atoms with Crippen molar-refractivity contribution in [2.24, 2.45) is 5.73 Å². The van der Waals surface area contributed by atoms with E-state index in [1.54, 1.807) is 12.1 Å². The summed E-state index contributed by atoms with van der Waals surface area (Å²) < 4.78 is 13.8. The van der Waals surface area contributed by atoms with Crippen molar-refractivity contribution in [3.8, 4) is 0 Å². The molecule has 3 rings (SSSR count). The van der Waals surface area contributed by atoms with Crippen molar-refractivity contribution < 1.29 is 14.0 Å². The number of anilines is 1. The minimum Gasteiger partial charge on any atom is -0.384 e. The number of nitrogens with zero attached hydrogens (tertiary/aromatic N) is 1. The Balaban J connectivity index is 1.84. The minimum absolute atomic E-state index is 0.0100. The topological polar surface area (TPSA) is 111 Å². The van der Waals surface area contributed by atoms with E-state index in [9.17, 15) is 14.0 Å². The molecule has 1 aliphatic heterocycles. The lowest BCUT2D eigenvalue weighted by Crippen LogP contribution is -2.48. The van der Waals surface area contributed by atoms with E-state index in [0.29, 0.717) is 28.8 Å². The van der Waals surface area contributed by atoms with Crippen LogP contribution in [0.3, 0.4) is 0 Å². The van der Waals surface area contributed by atoms with Crippen LogP contribution in [0.15, 0.2) is 47.7 Å². The molecule has 1 aliphatic rings. The van der Waals surface area contributed by atoms with Crippen LogP contribution in [0.2, 0.25) is 15.1 Å². The Hall–Kier alpha value is -2.81. The van der Waals surface area contributed by atoms with Crippen LogP contribution in [0.1, 0.15) is 5.56 Å². The summed E-state index contributed by atoms with van der Waals surface area (Å²) in [7, 11) is 0. The maximum absolute atomic E-state index is 13.8. The molecule has 31 heavy (non-hydrogen) atoms. The molecule has 1 fully saturated rings. The number of urea groups is 1. The van der Waals surface area contributed by atoms with Gasteiger partial charge in [0.25, 0.3) is 5.91 Å². The second-order valence-corrected chi connectivity index (χ2v) is 7.85. The number of carbonyl (C=O) groups is 2. The molecule has 5 N–H and O–H groups in total. The van der Waals surface area contributed by atoms with Crippen LogP contribution in [0.5, 0.6) is 0 Å². The van der Waals surface area contributed by atoms with E-state index in [1.165, 1.54) is 23.1 Å². The number of amides is 3. The van der Waals surface area contributed by atoms with Gasteiger partial charge in [-0.1, -0.05) is 40.9 Å². The molecule has 162 valence electrons. The number of halogens is 4. The molecule has 0 saturated carbocycles. The summed E-state index contributed by atoms with van der Waals surface area (Å²) in [6, 6.07) is 7.98. The quantitative estimate of drug-likeness (QED) is 0.388. The molecule has 1 saturated heterocycles. The van der Waals surface area contributed by atoms with Gasteiger partial charge in [-0.3, -0.25) is 10.2 Å². The molecule has 3 amide bonds. The van der Waals surface area contributed by atoms with Crippen LogP contribution >= 0.6 is 34.8 Å². The number of carbonyl (C=O) groups excluding carboxylic acids is 2. The van der Waals surface area contributed by atoms with Gasteiger partial charge in [-0.25, -0.2) is 9.18 Å². The summed E-state index contributed by atoms with van der Waals surface area (Å²) in [4.78, 5) is 26.2. The normalized spacial score (nSPS) is 15.2. The number of primary amides is 1. The van der Waals surface area contributed by atoms with Gasteiger partial charge in [-0.2, -0.15) is 0 Å². The summed E-state index contributed by atoms with van der Waals surface area (Å²) in [5.74, 6) is -1.61. The summed E-state index contributed by atoms with van der Waals surface area (Å²) in [6.07, 6.45) is 0. The van der Waals surface area contributed by atoms with Crippen LogP contribution in [0, 0.1) is 11.2 Å². The highest BCUT2D eigenvalue weighted by Crippen LogP contribution is 2.25. The summed E-state index contributed by atoms with van der Waals surface area (Å²) in [5.41, 5.74) is 5.94. The molecule has 0 spiro atoms. The van der Waals surface area contributed by atoms with Crippen molar-refractivity contribution in [3.05, 3.63) is 74.1 Å². The van der Waals surface area contributed by atoms with Gasteiger partial charge in [-0.15, -0.1) is 0 Å². The van der Waals surface area contributed by atoms with E-state index in [0.717, 1.165) is 6.07 Å². The van der Waals surface area contributed by atoms with Crippen LogP contribution in [-0.2, 0) is 4.79 Å². The second kappa shape index (κ2) is 9.55. The van der Waals surface area contributed by atoms with Crippen molar-refractivity contribution in [2.75, 3.05) is 25.0 Å². The standard InChI is InChI=1S/C20H17Cl3FN5O2/c21-12-4-2-11(8-14(12)23)28-20(31)29-6-5-27-16(9-29)17(19(26)30)18(25)10-1-3-13(22)15(24)7-10/h1-4,7-8,25,27H,5-6,9H2,(H2,26,30)(H,28,31)/b17-16+,25-18?. The predicted octanol–water partition coefficient (Wildman–Crippen LogP) is 4.03. The van der Waals surface area contributed by atoms with Gasteiger partial charge in [0.05, 0.1) is 32.9 Å². The molecule has 2 aromatic rings. The van der Waals surface area contributed by atoms with Crippen LogP contribution < -0.4 is 16.4 Å². The predicted molar refractivity (Wildman–Crippen MR) is 120 cm³/mol. The zero-order valence-corrected chi connectivity index (χ0v) is 18.2. The fourth-order valence-electron chi connectivity index (χ4n) is 3.00. The lowest BCUT2D eigenvalue weighted by atomic mass is 9.99. The average molecular weight is 485 g/mol. The van der Waals surface area contributed by atoms with Crippen molar-refractivity contribution in [1.82, 2.24) is 10.2 Å². The zero-order chi connectivity index (χ0) is 22.7. The molecule has 1 heterocycles. The van der Waals surface area contributed by atoms with E-state index < -0.39 is 17.8 Å². The molecule has 0 unspecified atom stereocenters. The van der Waals surface area contributed by atoms with Crippen LogP contribution in [0.25, 0.3) is 0 Å². The Morgan fingerprint density at radius 1 is 1.10 bits per heavy atom. The molecular formula is C20H17Cl3FN5O2. The SMILES string of the molecule is N=C(/C(C(N)=O)=C1/CN(C(=O)Nc2ccc(Cl)c(Cl)c2)CCN1)c1ccc(Cl)c(F)c1. The largest absolute Gasteiger partial charge is 0.384 e. The van der Waals surface area contributed by atoms with E-state index in [2.05, 4.69) is 10.6 Å². The van der Waals surface area contributed by atoms with Crippen molar-refractivity contribution in [1.29, 1.82) is 5.41 Å². The fourth-order valence-corrected chi connectivity index (χ4v) is 3.42. The maximum Gasteiger partial charge on any atom is 0.322 e. The first kappa shape index (κ1) is 22.9. The Morgan fingerprint density at radius 3 is 2.45 bits per heavy atom. The Labute approximate surface area is 192 Å². The van der Waals surface area contributed by atoms with Crippen LogP contribution in [0.4, 0.5) is 14.9 Å². The highest BCUT2D eigenvalue weighted by molar-refractivity contribution is 6.42. The fraction of sp³-hybridized carbons (Fsp3) is 0.150. The number of hydrogen-bond donors (Lipinski definition) is 4. The number of benzene rings is 2. The summed E-state index contributed by atoms with van der Waals surface area (Å²) in [5, 5.41) is 14.6. The first-order chi connectivity index (χ1) is 14.7. The van der Waals surface area contributed by atoms with Gasteiger partial charge >= 0.3 is 6.03 Å². The smallest absolute Gasteiger partial charge is 0.322 e. The number of rotatable bonds is 4. The van der Waals surface area contributed by atoms with Crippen molar-refractivity contribution in [2.45, 2.75) is 0 Å². The number of piperazine rings is 1. The average Bonchev–Trinajstić information content (AvgIpc) is 2.72. The van der Waals surface area contributed by atoms with Gasteiger partial charge in [0.2, 0.25) is 0 Å². The van der Waals surface area contributed by atoms with E-state index in [1.807, 2.05) is 0 Å².